The fourth-order valence-electron chi connectivity index (χ4n) is 2.16. The summed E-state index contributed by atoms with van der Waals surface area (Å²) in [4.78, 5) is 4.08. The maximum Gasteiger partial charge on any atom is 0.435 e. The number of hydrogen-bond acceptors (Lipinski definition) is 4. The van der Waals surface area contributed by atoms with Gasteiger partial charge in [0.2, 0.25) is 11.8 Å². The summed E-state index contributed by atoms with van der Waals surface area (Å²) in [6.07, 6.45) is -4.59. The van der Waals surface area contributed by atoms with Gasteiger partial charge in [-0.1, -0.05) is 6.07 Å². The molecule has 0 aliphatic rings. The van der Waals surface area contributed by atoms with Gasteiger partial charge in [-0.3, -0.25) is 0 Å². The van der Waals surface area contributed by atoms with Crippen LogP contribution in [-0.2, 0) is 19.8 Å². The highest BCUT2D eigenvalue weighted by Gasteiger charge is 2.35. The number of hydrogen-bond donors (Lipinski definition) is 0. The van der Waals surface area contributed by atoms with Crippen molar-refractivity contribution < 1.29 is 31.4 Å². The first-order chi connectivity index (χ1) is 12.7. The molecular weight excluding hydrogens is 373 g/mol. The highest BCUT2D eigenvalue weighted by atomic mass is 19.4. The summed E-state index contributed by atoms with van der Waals surface area (Å²) in [5.74, 6) is -1.74. The monoisotopic (exact) mass is 385 g/mol. The lowest BCUT2D eigenvalue weighted by Crippen LogP contribution is -2.06. The van der Waals surface area contributed by atoms with Gasteiger partial charge in [-0.25, -0.2) is 18.4 Å². The minimum Gasteiger partial charge on any atom is -0.487 e. The predicted octanol–water partition coefficient (Wildman–Crippen LogP) is 4.48. The summed E-state index contributed by atoms with van der Waals surface area (Å²) in [5, 5.41) is 3.34. The van der Waals surface area contributed by atoms with Crippen molar-refractivity contribution in [1.82, 2.24) is 14.8 Å². The number of nitrogens with zero attached hydrogens (tertiary/aromatic N) is 3. The van der Waals surface area contributed by atoms with Gasteiger partial charge in [0.1, 0.15) is 24.0 Å². The summed E-state index contributed by atoms with van der Waals surface area (Å²) in [7, 11) is 1.30. The van der Waals surface area contributed by atoms with Gasteiger partial charge < -0.3 is 9.47 Å². The fraction of sp³-hybridized carbons (Fsp3) is 0.176. The van der Waals surface area contributed by atoms with E-state index in [9.17, 15) is 22.0 Å². The summed E-state index contributed by atoms with van der Waals surface area (Å²) in [6, 6.07) is 8.03. The van der Waals surface area contributed by atoms with Crippen molar-refractivity contribution in [3.8, 4) is 17.5 Å². The molecule has 0 saturated carbocycles. The van der Waals surface area contributed by atoms with E-state index in [2.05, 4.69) is 10.1 Å². The molecule has 0 atom stereocenters. The van der Waals surface area contributed by atoms with E-state index in [1.807, 2.05) is 0 Å². The standard InChI is InChI=1S/C17H12F5N3O2/c1-25-16(8-14(24-25)17(20,21)22)27-15-4-2-3-12(23-15)9-26-13-6-10(18)5-11(19)7-13/h2-8H,9H2,1H3. The third-order valence-electron chi connectivity index (χ3n) is 3.34. The Morgan fingerprint density at radius 1 is 1.04 bits per heavy atom. The van der Waals surface area contributed by atoms with Crippen molar-refractivity contribution in [2.45, 2.75) is 12.8 Å². The average molecular weight is 385 g/mol. The van der Waals surface area contributed by atoms with Gasteiger partial charge in [-0.15, -0.1) is 0 Å². The van der Waals surface area contributed by atoms with Gasteiger partial charge >= 0.3 is 6.18 Å². The van der Waals surface area contributed by atoms with Gasteiger partial charge in [0, 0.05) is 37.4 Å². The number of benzene rings is 1. The van der Waals surface area contributed by atoms with E-state index in [1.54, 1.807) is 12.1 Å². The molecule has 0 N–H and O–H groups in total. The molecule has 2 aromatic heterocycles. The van der Waals surface area contributed by atoms with E-state index in [4.69, 9.17) is 9.47 Å². The van der Waals surface area contributed by atoms with Crippen LogP contribution in [0.1, 0.15) is 11.4 Å². The maximum atomic E-state index is 13.1. The number of aromatic nitrogens is 3. The first kappa shape index (κ1) is 18.6. The van der Waals surface area contributed by atoms with Crippen molar-refractivity contribution >= 4 is 0 Å². The zero-order valence-electron chi connectivity index (χ0n) is 13.8. The molecule has 0 aliphatic carbocycles. The Kier molecular flexibility index (Phi) is 4.98. The van der Waals surface area contributed by atoms with E-state index >= 15 is 0 Å². The Labute approximate surface area is 150 Å². The fourth-order valence-corrected chi connectivity index (χ4v) is 2.16. The average Bonchev–Trinajstić information content (AvgIpc) is 2.94. The van der Waals surface area contributed by atoms with Gasteiger partial charge in [0.25, 0.3) is 0 Å². The van der Waals surface area contributed by atoms with Crippen LogP contribution in [0.15, 0.2) is 42.5 Å². The number of rotatable bonds is 5. The minimum absolute atomic E-state index is 0.0123. The molecule has 0 saturated heterocycles. The zero-order valence-corrected chi connectivity index (χ0v) is 13.8. The third kappa shape index (κ3) is 4.72. The van der Waals surface area contributed by atoms with E-state index in [0.29, 0.717) is 11.8 Å². The second kappa shape index (κ2) is 7.22. The highest BCUT2D eigenvalue weighted by Crippen LogP contribution is 2.31. The minimum atomic E-state index is -4.59. The molecule has 0 spiro atoms. The van der Waals surface area contributed by atoms with E-state index in [1.165, 1.54) is 13.1 Å². The molecule has 142 valence electrons. The Balaban J connectivity index is 1.71. The first-order valence-electron chi connectivity index (χ1n) is 7.54. The lowest BCUT2D eigenvalue weighted by Gasteiger charge is -2.08. The molecule has 2 heterocycles. The lowest BCUT2D eigenvalue weighted by atomic mass is 10.3. The lowest BCUT2D eigenvalue weighted by molar-refractivity contribution is -0.141. The summed E-state index contributed by atoms with van der Waals surface area (Å²) in [5.41, 5.74) is -0.747. The molecule has 0 aliphatic heterocycles. The summed E-state index contributed by atoms with van der Waals surface area (Å²) >= 11 is 0. The van der Waals surface area contributed by atoms with Crippen molar-refractivity contribution in [2.24, 2.45) is 7.05 Å². The molecule has 0 fully saturated rings. The van der Waals surface area contributed by atoms with Crippen LogP contribution in [0.5, 0.6) is 17.5 Å². The van der Waals surface area contributed by atoms with E-state index in [0.717, 1.165) is 22.9 Å². The molecule has 3 aromatic rings. The molecule has 0 unspecified atom stereocenters. The smallest absolute Gasteiger partial charge is 0.435 e. The molecule has 0 radical (unpaired) electrons. The number of halogens is 5. The van der Waals surface area contributed by atoms with Crippen LogP contribution in [0.2, 0.25) is 0 Å². The molecule has 0 amide bonds. The molecule has 3 rings (SSSR count). The van der Waals surface area contributed by atoms with Gasteiger partial charge in [-0.2, -0.15) is 18.3 Å². The topological polar surface area (TPSA) is 49.2 Å². The molecular formula is C17H12F5N3O2. The number of aryl methyl sites for hydroxylation is 1. The van der Waals surface area contributed by atoms with Crippen molar-refractivity contribution in [1.29, 1.82) is 0 Å². The van der Waals surface area contributed by atoms with Crippen molar-refractivity contribution in [2.75, 3.05) is 0 Å². The molecule has 1 aromatic carbocycles. The first-order valence-corrected chi connectivity index (χ1v) is 7.54. The molecule has 0 bridgehead atoms. The van der Waals surface area contributed by atoms with Crippen LogP contribution >= 0.6 is 0 Å². The largest absolute Gasteiger partial charge is 0.487 e. The van der Waals surface area contributed by atoms with Gasteiger partial charge in [0.15, 0.2) is 5.69 Å². The Morgan fingerprint density at radius 2 is 1.74 bits per heavy atom. The third-order valence-corrected chi connectivity index (χ3v) is 3.34. The van der Waals surface area contributed by atoms with Crippen LogP contribution < -0.4 is 9.47 Å². The van der Waals surface area contributed by atoms with E-state index < -0.39 is 23.5 Å². The Bertz CT molecular complexity index is 936. The number of ether oxygens (including phenoxy) is 2. The van der Waals surface area contributed by atoms with Crippen LogP contribution in [0.3, 0.4) is 0 Å². The van der Waals surface area contributed by atoms with Gasteiger partial charge in [0.05, 0.1) is 5.69 Å². The second-order valence-corrected chi connectivity index (χ2v) is 5.45. The Morgan fingerprint density at radius 3 is 2.37 bits per heavy atom. The van der Waals surface area contributed by atoms with Crippen molar-refractivity contribution in [3.63, 3.8) is 0 Å². The number of alkyl halides is 3. The zero-order chi connectivity index (χ0) is 19.6. The SMILES string of the molecule is Cn1nc(C(F)(F)F)cc1Oc1cccc(COc2cc(F)cc(F)c2)n1. The normalized spacial score (nSPS) is 11.5. The van der Waals surface area contributed by atoms with Crippen LogP contribution in [-0.4, -0.2) is 14.8 Å². The molecule has 5 nitrogen and oxygen atoms in total. The summed E-state index contributed by atoms with van der Waals surface area (Å²) in [6.45, 7) is -0.126. The van der Waals surface area contributed by atoms with E-state index in [-0.39, 0.29) is 24.1 Å². The Hall–Kier alpha value is -3.17. The highest BCUT2D eigenvalue weighted by molar-refractivity contribution is 5.26. The van der Waals surface area contributed by atoms with Crippen molar-refractivity contribution in [3.05, 3.63) is 65.5 Å². The molecule has 10 heteroatoms. The molecule has 27 heavy (non-hydrogen) atoms. The predicted molar refractivity (Wildman–Crippen MR) is 83.2 cm³/mol. The number of pyridine rings is 1. The quantitative estimate of drug-likeness (QED) is 0.608. The second-order valence-electron chi connectivity index (χ2n) is 5.45. The van der Waals surface area contributed by atoms with Crippen LogP contribution in [0, 0.1) is 11.6 Å². The summed E-state index contributed by atoms with van der Waals surface area (Å²) < 4.78 is 75.9. The van der Waals surface area contributed by atoms with Gasteiger partial charge in [-0.05, 0) is 6.07 Å². The van der Waals surface area contributed by atoms with Crippen LogP contribution in [0.25, 0.3) is 0 Å². The van der Waals surface area contributed by atoms with Crippen LogP contribution in [0.4, 0.5) is 22.0 Å². The maximum absolute atomic E-state index is 13.1.